The Bertz CT molecular complexity index is 1480. The second-order valence-corrected chi connectivity index (χ2v) is 9.23. The molecular formula is C28H27N5O5S. The van der Waals surface area contributed by atoms with Crippen LogP contribution in [-0.2, 0) is 9.59 Å². The maximum absolute atomic E-state index is 12.5. The first kappa shape index (κ1) is 27.4. The number of nitrogens with zero attached hydrogens (tertiary/aromatic N) is 4. The summed E-state index contributed by atoms with van der Waals surface area (Å²) in [7, 11) is 3.08. The van der Waals surface area contributed by atoms with Gasteiger partial charge in [0.2, 0.25) is 0 Å². The quantitative estimate of drug-likeness (QED) is 0.102. The number of carbonyl (C=O) groups excluding carboxylic acids is 2. The van der Waals surface area contributed by atoms with Crippen LogP contribution in [0.15, 0.2) is 77.0 Å². The number of methoxy groups -OCH3 is 2. The highest BCUT2D eigenvalue weighted by Crippen LogP contribution is 2.29. The topological polar surface area (TPSA) is 117 Å². The number of hydrogen-bond donors (Lipinski definition) is 1. The number of ether oxygens (including phenoxy) is 3. The molecule has 0 bridgehead atoms. The number of aromatic nitrogens is 3. The van der Waals surface area contributed by atoms with Crippen LogP contribution in [0.4, 0.5) is 0 Å². The van der Waals surface area contributed by atoms with Crippen molar-refractivity contribution in [3.8, 4) is 34.3 Å². The molecule has 1 aromatic heterocycles. The highest BCUT2D eigenvalue weighted by atomic mass is 32.2. The van der Waals surface area contributed by atoms with Crippen molar-refractivity contribution >= 4 is 29.9 Å². The van der Waals surface area contributed by atoms with E-state index < -0.39 is 5.97 Å². The van der Waals surface area contributed by atoms with E-state index in [1.807, 2.05) is 60.0 Å². The summed E-state index contributed by atoms with van der Waals surface area (Å²) in [4.78, 5) is 23.8. The van der Waals surface area contributed by atoms with E-state index in [0.29, 0.717) is 28.0 Å². The smallest absolute Gasteiger partial charge is 0.308 e. The molecule has 0 aliphatic rings. The second kappa shape index (κ2) is 12.7. The molecule has 1 amide bonds. The fourth-order valence-electron chi connectivity index (χ4n) is 3.56. The second-order valence-electron chi connectivity index (χ2n) is 8.29. The number of hydrogen-bond acceptors (Lipinski definition) is 9. The fraction of sp³-hybridized carbons (Fsp3) is 0.179. The Morgan fingerprint density at radius 2 is 1.72 bits per heavy atom. The number of nitrogens with one attached hydrogen (secondary N) is 1. The van der Waals surface area contributed by atoms with Gasteiger partial charge in [0, 0.05) is 18.2 Å². The van der Waals surface area contributed by atoms with Crippen molar-refractivity contribution in [3.05, 3.63) is 77.9 Å². The highest BCUT2D eigenvalue weighted by molar-refractivity contribution is 7.99. The van der Waals surface area contributed by atoms with Crippen LogP contribution < -0.4 is 19.6 Å². The van der Waals surface area contributed by atoms with Crippen LogP contribution in [0.5, 0.6) is 17.2 Å². The Morgan fingerprint density at radius 3 is 2.38 bits per heavy atom. The van der Waals surface area contributed by atoms with E-state index in [9.17, 15) is 9.59 Å². The lowest BCUT2D eigenvalue weighted by molar-refractivity contribution is -0.132. The van der Waals surface area contributed by atoms with Gasteiger partial charge < -0.3 is 14.2 Å². The van der Waals surface area contributed by atoms with Gasteiger partial charge in [0.1, 0.15) is 5.75 Å². The molecule has 0 aliphatic carbocycles. The van der Waals surface area contributed by atoms with E-state index >= 15 is 0 Å². The van der Waals surface area contributed by atoms with Gasteiger partial charge in [-0.15, -0.1) is 10.2 Å². The molecule has 4 rings (SSSR count). The molecule has 0 fully saturated rings. The van der Waals surface area contributed by atoms with Gasteiger partial charge in [0.15, 0.2) is 22.5 Å². The minimum atomic E-state index is -0.451. The van der Waals surface area contributed by atoms with E-state index in [1.54, 1.807) is 25.3 Å². The number of hydrazone groups is 1. The summed E-state index contributed by atoms with van der Waals surface area (Å²) < 4.78 is 17.5. The minimum absolute atomic E-state index is 0.0637. The van der Waals surface area contributed by atoms with E-state index in [1.165, 1.54) is 32.0 Å². The molecule has 0 saturated carbocycles. The monoisotopic (exact) mass is 545 g/mol. The predicted molar refractivity (Wildman–Crippen MR) is 149 cm³/mol. The molecule has 0 spiro atoms. The first-order valence-corrected chi connectivity index (χ1v) is 12.8. The molecule has 0 unspecified atom stereocenters. The lowest BCUT2D eigenvalue weighted by Crippen LogP contribution is -2.20. The van der Waals surface area contributed by atoms with Crippen LogP contribution in [0.2, 0.25) is 0 Å². The fourth-order valence-corrected chi connectivity index (χ4v) is 4.31. The van der Waals surface area contributed by atoms with Gasteiger partial charge in [0.05, 0.1) is 26.2 Å². The number of carbonyl (C=O) groups is 2. The Labute approximate surface area is 230 Å². The number of amides is 1. The summed E-state index contributed by atoms with van der Waals surface area (Å²) in [5.74, 6) is 1.36. The molecule has 10 nitrogen and oxygen atoms in total. The third kappa shape index (κ3) is 7.02. The summed E-state index contributed by atoms with van der Waals surface area (Å²) >= 11 is 1.24. The van der Waals surface area contributed by atoms with Crippen LogP contribution in [0.25, 0.3) is 17.1 Å². The van der Waals surface area contributed by atoms with Crippen LogP contribution in [0, 0.1) is 6.92 Å². The summed E-state index contributed by atoms with van der Waals surface area (Å²) in [6, 6.07) is 20.5. The summed E-state index contributed by atoms with van der Waals surface area (Å²) in [5.41, 5.74) is 6.04. The lowest BCUT2D eigenvalue weighted by Gasteiger charge is -2.11. The number of thioether (sulfide) groups is 1. The average Bonchev–Trinajstić information content (AvgIpc) is 3.36. The SMILES string of the molecule is COc1ccc(-n2c(SCC(=O)NN=Cc3ccc(OC(C)=O)c(OC)c3)nnc2-c2ccc(C)cc2)cc1. The molecule has 0 radical (unpaired) electrons. The number of benzene rings is 3. The van der Waals surface area contributed by atoms with E-state index in [0.717, 1.165) is 22.6 Å². The first-order chi connectivity index (χ1) is 18.9. The van der Waals surface area contributed by atoms with Crippen molar-refractivity contribution in [1.82, 2.24) is 20.2 Å². The van der Waals surface area contributed by atoms with E-state index in [2.05, 4.69) is 20.7 Å². The van der Waals surface area contributed by atoms with Gasteiger partial charge >= 0.3 is 5.97 Å². The molecule has 4 aromatic rings. The Hall–Kier alpha value is -4.64. The van der Waals surface area contributed by atoms with Crippen LogP contribution >= 0.6 is 11.8 Å². The van der Waals surface area contributed by atoms with Crippen LogP contribution in [0.3, 0.4) is 0 Å². The van der Waals surface area contributed by atoms with Crippen molar-refractivity contribution in [3.63, 3.8) is 0 Å². The van der Waals surface area contributed by atoms with Gasteiger partial charge in [0.25, 0.3) is 5.91 Å². The summed E-state index contributed by atoms with van der Waals surface area (Å²) in [6.45, 7) is 3.33. The average molecular weight is 546 g/mol. The molecule has 200 valence electrons. The van der Waals surface area contributed by atoms with Gasteiger partial charge in [-0.05, 0) is 55.0 Å². The summed E-state index contributed by atoms with van der Waals surface area (Å²) in [6.07, 6.45) is 1.47. The number of rotatable bonds is 10. The zero-order chi connectivity index (χ0) is 27.8. The Kier molecular flexibility index (Phi) is 8.95. The van der Waals surface area contributed by atoms with E-state index in [4.69, 9.17) is 14.2 Å². The van der Waals surface area contributed by atoms with E-state index in [-0.39, 0.29) is 11.7 Å². The first-order valence-electron chi connectivity index (χ1n) is 11.9. The lowest BCUT2D eigenvalue weighted by atomic mass is 10.1. The van der Waals surface area contributed by atoms with Crippen molar-refractivity contribution in [1.29, 1.82) is 0 Å². The maximum Gasteiger partial charge on any atom is 0.308 e. The molecule has 0 atom stereocenters. The zero-order valence-electron chi connectivity index (χ0n) is 21.9. The number of aryl methyl sites for hydroxylation is 1. The van der Waals surface area contributed by atoms with Crippen molar-refractivity contribution in [2.75, 3.05) is 20.0 Å². The molecule has 0 aliphatic heterocycles. The van der Waals surface area contributed by atoms with Gasteiger partial charge in [-0.2, -0.15) is 5.10 Å². The van der Waals surface area contributed by atoms with Gasteiger partial charge in [-0.25, -0.2) is 5.43 Å². The maximum atomic E-state index is 12.5. The Balaban J connectivity index is 1.47. The van der Waals surface area contributed by atoms with Gasteiger partial charge in [-0.1, -0.05) is 41.6 Å². The van der Waals surface area contributed by atoms with Gasteiger partial charge in [-0.3, -0.25) is 14.2 Å². The molecule has 11 heteroatoms. The normalized spacial score (nSPS) is 10.9. The molecule has 0 saturated heterocycles. The number of esters is 1. The van der Waals surface area contributed by atoms with Crippen LogP contribution in [0.1, 0.15) is 18.1 Å². The zero-order valence-corrected chi connectivity index (χ0v) is 22.7. The molecular weight excluding hydrogens is 518 g/mol. The summed E-state index contributed by atoms with van der Waals surface area (Å²) in [5, 5.41) is 13.3. The standard InChI is InChI=1S/C28H27N5O5S/c1-18-5-8-21(9-6-18)27-31-32-28(33(27)22-10-12-23(36-3)13-11-22)39-17-26(35)30-29-16-20-7-14-24(38-19(2)34)25(15-20)37-4/h5-16H,17H2,1-4H3,(H,30,35). The predicted octanol–water partition coefficient (Wildman–Crippen LogP) is 4.43. The molecule has 1 N–H and O–H groups in total. The molecule has 1 heterocycles. The molecule has 3 aromatic carbocycles. The minimum Gasteiger partial charge on any atom is -0.497 e. The molecule has 39 heavy (non-hydrogen) atoms. The third-order valence-corrected chi connectivity index (χ3v) is 6.38. The highest BCUT2D eigenvalue weighted by Gasteiger charge is 2.17. The van der Waals surface area contributed by atoms with Crippen LogP contribution in [-0.4, -0.2) is 52.8 Å². The largest absolute Gasteiger partial charge is 0.497 e. The van der Waals surface area contributed by atoms with Crippen molar-refractivity contribution < 1.29 is 23.8 Å². The van der Waals surface area contributed by atoms with Crippen molar-refractivity contribution in [2.45, 2.75) is 19.0 Å². The van der Waals surface area contributed by atoms with Crippen molar-refractivity contribution in [2.24, 2.45) is 5.10 Å². The Morgan fingerprint density at radius 1 is 0.974 bits per heavy atom. The third-order valence-electron chi connectivity index (χ3n) is 5.45.